The molecule has 4 aromatic carbocycles. The molecule has 28 heavy (non-hydrogen) atoms. The van der Waals surface area contributed by atoms with Crippen LogP contribution in [-0.4, -0.2) is 4.57 Å². The van der Waals surface area contributed by atoms with Crippen LogP contribution in [0.3, 0.4) is 0 Å². The van der Waals surface area contributed by atoms with Crippen LogP contribution in [-0.2, 0) is 0 Å². The van der Waals surface area contributed by atoms with Gasteiger partial charge in [-0.1, -0.05) is 47.5 Å². The fourth-order valence-corrected chi connectivity index (χ4v) is 4.32. The topological polar surface area (TPSA) is 18.1 Å². The molecule has 0 unspecified atom stereocenters. The molecule has 0 saturated carbocycles. The highest BCUT2D eigenvalue weighted by Crippen LogP contribution is 2.38. The quantitative estimate of drug-likeness (QED) is 0.300. The zero-order valence-electron chi connectivity index (χ0n) is 15.9. The summed E-state index contributed by atoms with van der Waals surface area (Å²) < 4.78 is 8.55. The third-order valence-corrected chi connectivity index (χ3v) is 5.71. The van der Waals surface area contributed by atoms with Crippen LogP contribution >= 0.6 is 0 Å². The number of aromatic nitrogens is 1. The number of para-hydroxylation sites is 1. The third-order valence-electron chi connectivity index (χ3n) is 5.71. The molecule has 0 atom stereocenters. The summed E-state index contributed by atoms with van der Waals surface area (Å²) in [4.78, 5) is 0. The Morgan fingerprint density at radius 3 is 2.18 bits per heavy atom. The smallest absolute Gasteiger partial charge is 0.136 e. The average molecular weight is 361 g/mol. The summed E-state index contributed by atoms with van der Waals surface area (Å²) in [6, 6.07) is 28.2. The van der Waals surface area contributed by atoms with Crippen LogP contribution in [0.25, 0.3) is 49.4 Å². The fraction of sp³-hybridized carbons (Fsp3) is 0.0769. The number of aryl methyl sites for hydroxylation is 2. The van der Waals surface area contributed by atoms with Gasteiger partial charge in [0, 0.05) is 27.2 Å². The van der Waals surface area contributed by atoms with Crippen LogP contribution in [0.1, 0.15) is 11.1 Å². The first-order valence-electron chi connectivity index (χ1n) is 9.62. The van der Waals surface area contributed by atoms with Crippen molar-refractivity contribution in [1.82, 2.24) is 4.57 Å². The van der Waals surface area contributed by atoms with Gasteiger partial charge in [0.1, 0.15) is 11.2 Å². The molecule has 0 aliphatic rings. The number of benzene rings is 4. The predicted molar refractivity (Wildman–Crippen MR) is 118 cm³/mol. The van der Waals surface area contributed by atoms with Crippen molar-refractivity contribution >= 4 is 43.7 Å². The average Bonchev–Trinajstić information content (AvgIpc) is 3.22. The molecule has 2 heteroatoms. The van der Waals surface area contributed by atoms with Crippen molar-refractivity contribution < 1.29 is 4.42 Å². The molecule has 0 saturated heterocycles. The number of fused-ring (bicyclic) bond motifs is 6. The number of nitrogens with zero attached hydrogens (tertiary/aromatic N) is 1. The molecule has 0 aliphatic heterocycles. The van der Waals surface area contributed by atoms with Gasteiger partial charge >= 0.3 is 0 Å². The van der Waals surface area contributed by atoms with E-state index in [1.807, 2.05) is 0 Å². The molecule has 0 spiro atoms. The molecule has 6 aromatic rings. The maximum absolute atomic E-state index is 6.19. The molecule has 0 N–H and O–H groups in total. The van der Waals surface area contributed by atoms with E-state index in [0.29, 0.717) is 0 Å². The maximum Gasteiger partial charge on any atom is 0.136 e. The Morgan fingerprint density at radius 2 is 1.32 bits per heavy atom. The van der Waals surface area contributed by atoms with Crippen LogP contribution in [0.5, 0.6) is 0 Å². The van der Waals surface area contributed by atoms with Crippen molar-refractivity contribution in [3.05, 3.63) is 90.0 Å². The van der Waals surface area contributed by atoms with Crippen molar-refractivity contribution in [3.63, 3.8) is 0 Å². The summed E-state index contributed by atoms with van der Waals surface area (Å²) >= 11 is 0. The van der Waals surface area contributed by atoms with E-state index in [-0.39, 0.29) is 0 Å². The van der Waals surface area contributed by atoms with Crippen LogP contribution in [0.15, 0.2) is 83.3 Å². The Hall–Kier alpha value is -3.52. The van der Waals surface area contributed by atoms with E-state index >= 15 is 0 Å². The summed E-state index contributed by atoms with van der Waals surface area (Å²) in [5.74, 6) is 0. The van der Waals surface area contributed by atoms with Gasteiger partial charge in [-0.3, -0.25) is 0 Å². The molecule has 0 fully saturated rings. The predicted octanol–water partition coefficient (Wildman–Crippen LogP) is 7.30. The zero-order chi connectivity index (χ0) is 18.8. The SMILES string of the molecule is Cc1ccc(-n2c3ccccc3c3cc4oc5ccc(C)cc5c4cc32)cc1. The first kappa shape index (κ1) is 15.5. The third kappa shape index (κ3) is 2.09. The Bertz CT molecular complexity index is 1510. The van der Waals surface area contributed by atoms with Gasteiger partial charge in [-0.15, -0.1) is 0 Å². The second kappa shape index (κ2) is 5.49. The van der Waals surface area contributed by atoms with E-state index in [4.69, 9.17) is 4.42 Å². The molecule has 0 radical (unpaired) electrons. The minimum absolute atomic E-state index is 0.944. The molecule has 0 amide bonds. The minimum atomic E-state index is 0.944. The molecule has 2 heterocycles. The van der Waals surface area contributed by atoms with Gasteiger partial charge in [0.25, 0.3) is 0 Å². The van der Waals surface area contributed by atoms with Gasteiger partial charge in [0.15, 0.2) is 0 Å². The van der Waals surface area contributed by atoms with E-state index in [1.165, 1.54) is 49.4 Å². The van der Waals surface area contributed by atoms with E-state index in [2.05, 4.69) is 97.3 Å². The summed E-state index contributed by atoms with van der Waals surface area (Å²) in [6.07, 6.45) is 0. The van der Waals surface area contributed by atoms with E-state index in [1.54, 1.807) is 0 Å². The molecule has 2 aromatic heterocycles. The lowest BCUT2D eigenvalue weighted by Gasteiger charge is -2.08. The first-order valence-corrected chi connectivity index (χ1v) is 9.62. The second-order valence-electron chi connectivity index (χ2n) is 7.66. The number of rotatable bonds is 1. The molecule has 2 nitrogen and oxygen atoms in total. The normalized spacial score (nSPS) is 11.9. The number of hydrogen-bond donors (Lipinski definition) is 0. The Balaban J connectivity index is 1.81. The summed E-state index contributed by atoms with van der Waals surface area (Å²) in [5, 5.41) is 4.82. The zero-order valence-corrected chi connectivity index (χ0v) is 15.9. The minimum Gasteiger partial charge on any atom is -0.456 e. The van der Waals surface area contributed by atoms with Crippen molar-refractivity contribution in [1.29, 1.82) is 0 Å². The van der Waals surface area contributed by atoms with Crippen molar-refractivity contribution in [2.24, 2.45) is 0 Å². The number of furan rings is 1. The lowest BCUT2D eigenvalue weighted by molar-refractivity contribution is 0.669. The highest BCUT2D eigenvalue weighted by atomic mass is 16.3. The van der Waals surface area contributed by atoms with E-state index in [9.17, 15) is 0 Å². The van der Waals surface area contributed by atoms with Gasteiger partial charge in [0.05, 0.1) is 11.0 Å². The van der Waals surface area contributed by atoms with Crippen molar-refractivity contribution in [2.75, 3.05) is 0 Å². The van der Waals surface area contributed by atoms with Gasteiger partial charge in [-0.25, -0.2) is 0 Å². The lowest BCUT2D eigenvalue weighted by atomic mass is 10.1. The molecule has 0 aliphatic carbocycles. The van der Waals surface area contributed by atoms with E-state index in [0.717, 1.165) is 11.2 Å². The van der Waals surface area contributed by atoms with Crippen LogP contribution < -0.4 is 0 Å². The monoisotopic (exact) mass is 361 g/mol. The molecular formula is C26H19NO. The van der Waals surface area contributed by atoms with Crippen LogP contribution in [0, 0.1) is 13.8 Å². The summed E-state index contributed by atoms with van der Waals surface area (Å²) in [6.45, 7) is 4.25. The Kier molecular flexibility index (Phi) is 3.05. The van der Waals surface area contributed by atoms with Gasteiger partial charge < -0.3 is 8.98 Å². The van der Waals surface area contributed by atoms with E-state index < -0.39 is 0 Å². The van der Waals surface area contributed by atoms with Crippen LogP contribution in [0.2, 0.25) is 0 Å². The Morgan fingerprint density at radius 1 is 0.571 bits per heavy atom. The summed E-state index contributed by atoms with van der Waals surface area (Å²) in [7, 11) is 0. The van der Waals surface area contributed by atoms with Gasteiger partial charge in [-0.05, 0) is 56.3 Å². The molecular weight excluding hydrogens is 342 g/mol. The highest BCUT2D eigenvalue weighted by Gasteiger charge is 2.16. The molecule has 134 valence electrons. The van der Waals surface area contributed by atoms with Crippen LogP contribution in [0.4, 0.5) is 0 Å². The Labute approximate surface area is 162 Å². The maximum atomic E-state index is 6.19. The fourth-order valence-electron chi connectivity index (χ4n) is 4.32. The standard InChI is InChI=1S/C26H19NO/c1-16-7-10-18(11-8-16)27-23-6-4-3-5-19(23)20-15-26-22(14-24(20)27)21-13-17(2)9-12-25(21)28-26/h3-15H,1-2H3. The highest BCUT2D eigenvalue weighted by molar-refractivity contribution is 6.17. The van der Waals surface area contributed by atoms with Crippen molar-refractivity contribution in [2.45, 2.75) is 13.8 Å². The second-order valence-corrected chi connectivity index (χ2v) is 7.66. The first-order chi connectivity index (χ1) is 13.7. The van der Waals surface area contributed by atoms with Crippen molar-refractivity contribution in [3.8, 4) is 5.69 Å². The lowest BCUT2D eigenvalue weighted by Crippen LogP contribution is -1.93. The summed E-state index contributed by atoms with van der Waals surface area (Å²) in [5.41, 5.74) is 8.01. The van der Waals surface area contributed by atoms with Gasteiger partial charge in [-0.2, -0.15) is 0 Å². The molecule has 0 bridgehead atoms. The largest absolute Gasteiger partial charge is 0.456 e. The van der Waals surface area contributed by atoms with Gasteiger partial charge in [0.2, 0.25) is 0 Å². The molecule has 6 rings (SSSR count). The number of hydrogen-bond acceptors (Lipinski definition) is 1.